The predicted octanol–water partition coefficient (Wildman–Crippen LogP) is 1.62. The summed E-state index contributed by atoms with van der Waals surface area (Å²) in [4.78, 5) is 8.18. The van der Waals surface area contributed by atoms with Crippen molar-refractivity contribution in [1.29, 1.82) is 5.26 Å². The molecule has 2 heterocycles. The molecule has 2 rings (SSSR count). The number of nitriles is 1. The Kier molecular flexibility index (Phi) is 3.54. The van der Waals surface area contributed by atoms with E-state index in [4.69, 9.17) is 10.00 Å². The lowest BCUT2D eigenvalue weighted by atomic mass is 10.3. The van der Waals surface area contributed by atoms with Crippen LogP contribution in [0.25, 0.3) is 0 Å². The van der Waals surface area contributed by atoms with Gasteiger partial charge < -0.3 is 4.74 Å². The first kappa shape index (κ1) is 10.4. The number of rotatable bonds is 3. The van der Waals surface area contributed by atoms with Crippen molar-refractivity contribution < 1.29 is 4.74 Å². The lowest BCUT2D eigenvalue weighted by Crippen LogP contribution is -2.08. The molecule has 0 aliphatic carbocycles. The Morgan fingerprint density at radius 2 is 2.60 bits per heavy atom. The van der Waals surface area contributed by atoms with Crippen LogP contribution in [0.2, 0.25) is 0 Å². The van der Waals surface area contributed by atoms with Gasteiger partial charge >= 0.3 is 0 Å². The zero-order valence-corrected chi connectivity index (χ0v) is 9.04. The highest BCUT2D eigenvalue weighted by atomic mass is 32.2. The van der Waals surface area contributed by atoms with Crippen LogP contribution in [0.5, 0.6) is 0 Å². The SMILES string of the molecule is N#Cc1ccnc(SCC2CCCO2)n1. The minimum atomic E-state index is 0.323. The molecule has 1 saturated heterocycles. The van der Waals surface area contributed by atoms with Crippen molar-refractivity contribution in [3.63, 3.8) is 0 Å². The molecule has 5 heteroatoms. The average molecular weight is 221 g/mol. The van der Waals surface area contributed by atoms with Gasteiger partial charge in [0.05, 0.1) is 6.10 Å². The van der Waals surface area contributed by atoms with E-state index in [2.05, 4.69) is 9.97 Å². The average Bonchev–Trinajstić information content (AvgIpc) is 2.79. The van der Waals surface area contributed by atoms with Crippen LogP contribution < -0.4 is 0 Å². The van der Waals surface area contributed by atoms with E-state index >= 15 is 0 Å². The van der Waals surface area contributed by atoms with Gasteiger partial charge in [0, 0.05) is 18.6 Å². The lowest BCUT2D eigenvalue weighted by molar-refractivity contribution is 0.129. The molecule has 1 fully saturated rings. The molecule has 1 aliphatic rings. The maximum absolute atomic E-state index is 8.67. The fourth-order valence-corrected chi connectivity index (χ4v) is 2.31. The summed E-state index contributed by atoms with van der Waals surface area (Å²) in [5, 5.41) is 9.32. The van der Waals surface area contributed by atoms with E-state index in [0.29, 0.717) is 17.0 Å². The Morgan fingerprint density at radius 1 is 1.67 bits per heavy atom. The van der Waals surface area contributed by atoms with E-state index in [-0.39, 0.29) is 0 Å². The Hall–Kier alpha value is -1.12. The summed E-state index contributed by atoms with van der Waals surface area (Å²) in [5.74, 6) is 0.870. The highest BCUT2D eigenvalue weighted by molar-refractivity contribution is 7.99. The first-order valence-electron chi connectivity index (χ1n) is 4.86. The van der Waals surface area contributed by atoms with Crippen LogP contribution in [-0.4, -0.2) is 28.4 Å². The summed E-state index contributed by atoms with van der Waals surface area (Å²) >= 11 is 1.55. The second kappa shape index (κ2) is 5.10. The van der Waals surface area contributed by atoms with E-state index in [9.17, 15) is 0 Å². The zero-order chi connectivity index (χ0) is 10.5. The van der Waals surface area contributed by atoms with Gasteiger partial charge in [0.1, 0.15) is 11.8 Å². The predicted molar refractivity (Wildman–Crippen MR) is 56.4 cm³/mol. The Bertz CT molecular complexity index is 371. The van der Waals surface area contributed by atoms with E-state index in [1.807, 2.05) is 6.07 Å². The standard InChI is InChI=1S/C10H11N3OS/c11-6-8-3-4-12-10(13-8)15-7-9-2-1-5-14-9/h3-4,9H,1-2,5,7H2. The molecule has 0 radical (unpaired) electrons. The maximum atomic E-state index is 8.67. The molecule has 1 aromatic rings. The molecule has 1 atom stereocenters. The van der Waals surface area contributed by atoms with Gasteiger partial charge in [-0.2, -0.15) is 5.26 Å². The molecule has 0 aromatic carbocycles. The highest BCUT2D eigenvalue weighted by Crippen LogP contribution is 2.20. The maximum Gasteiger partial charge on any atom is 0.188 e. The molecule has 0 N–H and O–H groups in total. The Labute approximate surface area is 92.7 Å². The molecular formula is C10H11N3OS. The molecule has 0 amide bonds. The molecule has 1 aromatic heterocycles. The van der Waals surface area contributed by atoms with E-state index in [1.54, 1.807) is 24.0 Å². The first-order chi connectivity index (χ1) is 7.38. The third kappa shape index (κ3) is 2.91. The molecule has 4 nitrogen and oxygen atoms in total. The van der Waals surface area contributed by atoms with Crippen molar-refractivity contribution in [3.8, 4) is 6.07 Å². The van der Waals surface area contributed by atoms with Crippen LogP contribution in [-0.2, 0) is 4.74 Å². The normalized spacial score (nSPS) is 20.1. The van der Waals surface area contributed by atoms with Crippen molar-refractivity contribution in [2.24, 2.45) is 0 Å². The molecule has 1 unspecified atom stereocenters. The molecule has 1 aliphatic heterocycles. The van der Waals surface area contributed by atoms with Crippen molar-refractivity contribution in [2.45, 2.75) is 24.1 Å². The van der Waals surface area contributed by atoms with Gasteiger partial charge in [-0.25, -0.2) is 9.97 Å². The fourth-order valence-electron chi connectivity index (χ4n) is 1.42. The van der Waals surface area contributed by atoms with Crippen LogP contribution in [0.3, 0.4) is 0 Å². The highest BCUT2D eigenvalue weighted by Gasteiger charge is 2.16. The summed E-state index contributed by atoms with van der Waals surface area (Å²) in [6.45, 7) is 0.865. The Balaban J connectivity index is 1.90. The molecule has 78 valence electrons. The summed E-state index contributed by atoms with van der Waals surface area (Å²) in [6.07, 6.45) is 4.20. The quantitative estimate of drug-likeness (QED) is 0.573. The molecule has 0 bridgehead atoms. The minimum Gasteiger partial charge on any atom is -0.377 e. The Morgan fingerprint density at radius 3 is 3.33 bits per heavy atom. The van der Waals surface area contributed by atoms with Crippen molar-refractivity contribution >= 4 is 11.8 Å². The lowest BCUT2D eigenvalue weighted by Gasteiger charge is -2.06. The number of aromatic nitrogens is 2. The minimum absolute atomic E-state index is 0.323. The van der Waals surface area contributed by atoms with Crippen molar-refractivity contribution in [3.05, 3.63) is 18.0 Å². The zero-order valence-electron chi connectivity index (χ0n) is 8.22. The smallest absolute Gasteiger partial charge is 0.188 e. The molecule has 0 saturated carbocycles. The van der Waals surface area contributed by atoms with Gasteiger partial charge in [0.2, 0.25) is 0 Å². The van der Waals surface area contributed by atoms with E-state index in [1.165, 1.54) is 0 Å². The van der Waals surface area contributed by atoms with Crippen LogP contribution in [0.4, 0.5) is 0 Å². The summed E-state index contributed by atoms with van der Waals surface area (Å²) in [7, 11) is 0. The van der Waals surface area contributed by atoms with Gasteiger partial charge in [-0.15, -0.1) is 0 Å². The molecule has 15 heavy (non-hydrogen) atoms. The second-order valence-corrected chi connectivity index (χ2v) is 4.27. The largest absolute Gasteiger partial charge is 0.377 e. The first-order valence-corrected chi connectivity index (χ1v) is 5.84. The fraction of sp³-hybridized carbons (Fsp3) is 0.500. The van der Waals surface area contributed by atoms with Gasteiger partial charge in [-0.1, -0.05) is 11.8 Å². The van der Waals surface area contributed by atoms with Crippen LogP contribution in [0, 0.1) is 11.3 Å². The number of thioether (sulfide) groups is 1. The van der Waals surface area contributed by atoms with E-state index in [0.717, 1.165) is 25.2 Å². The third-order valence-corrected chi connectivity index (χ3v) is 3.16. The van der Waals surface area contributed by atoms with Gasteiger partial charge in [-0.3, -0.25) is 0 Å². The topological polar surface area (TPSA) is 58.8 Å². The number of hydrogen-bond acceptors (Lipinski definition) is 5. The van der Waals surface area contributed by atoms with Gasteiger partial charge in [0.15, 0.2) is 5.16 Å². The summed E-state index contributed by atoms with van der Waals surface area (Å²) in [5.41, 5.74) is 0.417. The number of hydrogen-bond donors (Lipinski definition) is 0. The van der Waals surface area contributed by atoms with Gasteiger partial charge in [0.25, 0.3) is 0 Å². The molecular weight excluding hydrogens is 210 g/mol. The van der Waals surface area contributed by atoms with E-state index < -0.39 is 0 Å². The number of nitrogens with zero attached hydrogens (tertiary/aromatic N) is 3. The monoisotopic (exact) mass is 221 g/mol. The van der Waals surface area contributed by atoms with Crippen LogP contribution in [0.1, 0.15) is 18.5 Å². The summed E-state index contributed by atoms with van der Waals surface area (Å²) in [6, 6.07) is 3.61. The van der Waals surface area contributed by atoms with Gasteiger partial charge in [-0.05, 0) is 18.9 Å². The van der Waals surface area contributed by atoms with Crippen molar-refractivity contribution in [2.75, 3.05) is 12.4 Å². The van der Waals surface area contributed by atoms with Crippen LogP contribution >= 0.6 is 11.8 Å². The summed E-state index contributed by atoms with van der Waals surface area (Å²) < 4.78 is 5.49. The number of ether oxygens (including phenoxy) is 1. The van der Waals surface area contributed by atoms with Crippen LogP contribution in [0.15, 0.2) is 17.4 Å². The molecule has 0 spiro atoms. The third-order valence-electron chi connectivity index (χ3n) is 2.17. The second-order valence-electron chi connectivity index (χ2n) is 3.28. The van der Waals surface area contributed by atoms with Crippen molar-refractivity contribution in [1.82, 2.24) is 9.97 Å².